The van der Waals surface area contributed by atoms with Gasteiger partial charge >= 0.3 is 0 Å². The molecule has 0 unspecified atom stereocenters. The number of aromatic amines is 1. The molecule has 184 valence electrons. The molecule has 0 bridgehead atoms. The lowest BCUT2D eigenvalue weighted by Gasteiger charge is -2.36. The molecule has 0 spiro atoms. The SMILES string of the molecule is COc1ccc(-c2[nH]c3ccccc3c2CCC(=O)N2CCN(c3ccc(C(C)=O)cc3)CC2)cc1. The Morgan fingerprint density at radius 3 is 2.25 bits per heavy atom. The number of nitrogens with one attached hydrogen (secondary N) is 1. The molecule has 2 heterocycles. The summed E-state index contributed by atoms with van der Waals surface area (Å²) in [5.41, 5.74) is 6.21. The number of benzene rings is 3. The number of hydrogen-bond donors (Lipinski definition) is 1. The maximum absolute atomic E-state index is 13.2. The molecule has 1 N–H and O–H groups in total. The van der Waals surface area contributed by atoms with E-state index in [1.807, 2.05) is 53.4 Å². The van der Waals surface area contributed by atoms with Gasteiger partial charge in [0.25, 0.3) is 0 Å². The van der Waals surface area contributed by atoms with Gasteiger partial charge in [-0.1, -0.05) is 18.2 Å². The molecule has 1 fully saturated rings. The predicted octanol–water partition coefficient (Wildman–Crippen LogP) is 5.33. The van der Waals surface area contributed by atoms with E-state index in [9.17, 15) is 9.59 Å². The Hall–Kier alpha value is -4.06. The number of H-pyrrole nitrogens is 1. The summed E-state index contributed by atoms with van der Waals surface area (Å²) in [7, 11) is 1.67. The van der Waals surface area contributed by atoms with Crippen molar-refractivity contribution in [3.8, 4) is 17.0 Å². The molecule has 0 radical (unpaired) electrons. The van der Waals surface area contributed by atoms with Crippen molar-refractivity contribution in [3.05, 3.63) is 83.9 Å². The van der Waals surface area contributed by atoms with Gasteiger partial charge in [-0.05, 0) is 79.1 Å². The molecule has 1 amide bonds. The molecule has 6 heteroatoms. The Morgan fingerprint density at radius 2 is 1.58 bits per heavy atom. The minimum Gasteiger partial charge on any atom is -0.497 e. The fourth-order valence-electron chi connectivity index (χ4n) is 4.97. The fourth-order valence-corrected chi connectivity index (χ4v) is 4.97. The molecule has 4 aromatic rings. The number of rotatable bonds is 7. The predicted molar refractivity (Wildman–Crippen MR) is 144 cm³/mol. The van der Waals surface area contributed by atoms with E-state index in [4.69, 9.17) is 4.74 Å². The van der Waals surface area contributed by atoms with Crippen LogP contribution >= 0.6 is 0 Å². The monoisotopic (exact) mass is 481 g/mol. The van der Waals surface area contributed by atoms with Gasteiger partial charge < -0.3 is 19.5 Å². The topological polar surface area (TPSA) is 65.6 Å². The van der Waals surface area contributed by atoms with Crippen molar-refractivity contribution in [1.82, 2.24) is 9.88 Å². The van der Waals surface area contributed by atoms with Crippen molar-refractivity contribution in [3.63, 3.8) is 0 Å². The van der Waals surface area contributed by atoms with Crippen LogP contribution in [0.1, 0.15) is 29.3 Å². The van der Waals surface area contributed by atoms with E-state index in [-0.39, 0.29) is 11.7 Å². The highest BCUT2D eigenvalue weighted by molar-refractivity contribution is 5.94. The molecule has 0 atom stereocenters. The smallest absolute Gasteiger partial charge is 0.223 e. The van der Waals surface area contributed by atoms with Crippen molar-refractivity contribution in [1.29, 1.82) is 0 Å². The number of aromatic nitrogens is 1. The zero-order valence-corrected chi connectivity index (χ0v) is 20.8. The number of ketones is 1. The number of nitrogens with zero attached hydrogens (tertiary/aromatic N) is 2. The maximum atomic E-state index is 13.2. The normalized spacial score (nSPS) is 13.7. The number of Topliss-reactive ketones (excluding diaryl/α,β-unsaturated/α-hetero) is 1. The third-order valence-electron chi connectivity index (χ3n) is 7.05. The first kappa shape index (κ1) is 23.7. The van der Waals surface area contributed by atoms with E-state index >= 15 is 0 Å². The minimum atomic E-state index is 0.0716. The van der Waals surface area contributed by atoms with Gasteiger partial charge in [0.15, 0.2) is 5.78 Å². The second kappa shape index (κ2) is 10.3. The summed E-state index contributed by atoms with van der Waals surface area (Å²) in [5.74, 6) is 1.08. The largest absolute Gasteiger partial charge is 0.497 e. The van der Waals surface area contributed by atoms with E-state index in [2.05, 4.69) is 34.1 Å². The summed E-state index contributed by atoms with van der Waals surface area (Å²) >= 11 is 0. The molecular weight excluding hydrogens is 450 g/mol. The van der Waals surface area contributed by atoms with Gasteiger partial charge in [0.05, 0.1) is 7.11 Å². The molecule has 3 aromatic carbocycles. The Labute approximate surface area is 211 Å². The van der Waals surface area contributed by atoms with Gasteiger partial charge in [-0.25, -0.2) is 0 Å². The quantitative estimate of drug-likeness (QED) is 0.363. The zero-order valence-electron chi connectivity index (χ0n) is 20.8. The summed E-state index contributed by atoms with van der Waals surface area (Å²) in [5, 5.41) is 1.16. The standard InChI is InChI=1S/C30H31N3O3/c1-21(34)22-7-11-24(12-8-22)32-17-19-33(20-18-32)29(35)16-15-27-26-5-3-4-6-28(26)31-30(27)23-9-13-25(36-2)14-10-23/h3-14,31H,15-20H2,1-2H3. The zero-order chi connectivity index (χ0) is 25.1. The van der Waals surface area contributed by atoms with Crippen molar-refractivity contribution in [2.45, 2.75) is 19.8 Å². The molecule has 6 nitrogen and oxygen atoms in total. The molecule has 0 aliphatic carbocycles. The van der Waals surface area contributed by atoms with E-state index in [0.717, 1.165) is 52.3 Å². The third-order valence-corrected chi connectivity index (χ3v) is 7.05. The van der Waals surface area contributed by atoms with E-state index < -0.39 is 0 Å². The average molecular weight is 482 g/mol. The van der Waals surface area contributed by atoms with Gasteiger partial charge in [0.1, 0.15) is 5.75 Å². The first-order chi connectivity index (χ1) is 17.5. The summed E-state index contributed by atoms with van der Waals surface area (Å²) < 4.78 is 5.31. The lowest BCUT2D eigenvalue weighted by molar-refractivity contribution is -0.131. The van der Waals surface area contributed by atoms with Gasteiger partial charge in [-0.2, -0.15) is 0 Å². The van der Waals surface area contributed by atoms with Crippen molar-refractivity contribution in [2.24, 2.45) is 0 Å². The molecule has 1 aromatic heterocycles. The highest BCUT2D eigenvalue weighted by Gasteiger charge is 2.22. The fraction of sp³-hybridized carbons (Fsp3) is 0.267. The Kier molecular flexibility index (Phi) is 6.76. The Morgan fingerprint density at radius 1 is 0.889 bits per heavy atom. The average Bonchev–Trinajstić information content (AvgIpc) is 3.30. The lowest BCUT2D eigenvalue weighted by atomic mass is 10.0. The molecule has 0 saturated carbocycles. The molecule has 1 saturated heterocycles. The Balaban J connectivity index is 1.26. The Bertz CT molecular complexity index is 1370. The van der Waals surface area contributed by atoms with Crippen molar-refractivity contribution >= 4 is 28.3 Å². The first-order valence-corrected chi connectivity index (χ1v) is 12.4. The highest BCUT2D eigenvalue weighted by atomic mass is 16.5. The van der Waals surface area contributed by atoms with Crippen LogP contribution in [0.3, 0.4) is 0 Å². The third kappa shape index (κ3) is 4.85. The number of para-hydroxylation sites is 1. The number of amides is 1. The van der Waals surface area contributed by atoms with E-state index in [1.54, 1.807) is 14.0 Å². The van der Waals surface area contributed by atoms with Crippen molar-refractivity contribution in [2.75, 3.05) is 38.2 Å². The first-order valence-electron chi connectivity index (χ1n) is 12.4. The van der Waals surface area contributed by atoms with Gasteiger partial charge in [0, 0.05) is 60.4 Å². The molecular formula is C30H31N3O3. The number of ether oxygens (including phenoxy) is 1. The number of methoxy groups -OCH3 is 1. The van der Waals surface area contributed by atoms with Gasteiger partial charge in [-0.3, -0.25) is 9.59 Å². The highest BCUT2D eigenvalue weighted by Crippen LogP contribution is 2.32. The number of anilines is 1. The van der Waals surface area contributed by atoms with Gasteiger partial charge in [0.2, 0.25) is 5.91 Å². The van der Waals surface area contributed by atoms with Crippen LogP contribution in [0.15, 0.2) is 72.8 Å². The number of fused-ring (bicyclic) bond motifs is 1. The van der Waals surface area contributed by atoms with Crippen LogP contribution < -0.4 is 9.64 Å². The second-order valence-electron chi connectivity index (χ2n) is 9.22. The van der Waals surface area contributed by atoms with E-state index in [0.29, 0.717) is 25.9 Å². The number of carbonyl (C=O) groups is 2. The summed E-state index contributed by atoms with van der Waals surface area (Å²) in [6.07, 6.45) is 1.15. The molecule has 1 aliphatic heterocycles. The second-order valence-corrected chi connectivity index (χ2v) is 9.22. The number of piperazine rings is 1. The molecule has 5 rings (SSSR count). The number of aryl methyl sites for hydroxylation is 1. The van der Waals surface area contributed by atoms with Crippen LogP contribution in [-0.4, -0.2) is 54.9 Å². The lowest BCUT2D eigenvalue weighted by Crippen LogP contribution is -2.48. The van der Waals surface area contributed by atoms with Gasteiger partial charge in [-0.15, -0.1) is 0 Å². The van der Waals surface area contributed by atoms with Crippen LogP contribution in [0.2, 0.25) is 0 Å². The summed E-state index contributed by atoms with van der Waals surface area (Å²) in [6.45, 7) is 4.55. The minimum absolute atomic E-state index is 0.0716. The van der Waals surface area contributed by atoms with Crippen LogP contribution in [0.5, 0.6) is 5.75 Å². The van der Waals surface area contributed by atoms with Crippen LogP contribution in [0.25, 0.3) is 22.2 Å². The van der Waals surface area contributed by atoms with Crippen LogP contribution in [0.4, 0.5) is 5.69 Å². The molecule has 36 heavy (non-hydrogen) atoms. The van der Waals surface area contributed by atoms with Crippen LogP contribution in [0, 0.1) is 0 Å². The number of carbonyl (C=O) groups excluding carboxylic acids is 2. The van der Waals surface area contributed by atoms with Crippen molar-refractivity contribution < 1.29 is 14.3 Å². The number of hydrogen-bond acceptors (Lipinski definition) is 4. The summed E-state index contributed by atoms with van der Waals surface area (Å²) in [6, 6.07) is 24.0. The summed E-state index contributed by atoms with van der Waals surface area (Å²) in [4.78, 5) is 32.5. The maximum Gasteiger partial charge on any atom is 0.223 e. The van der Waals surface area contributed by atoms with Crippen LogP contribution in [-0.2, 0) is 11.2 Å². The molecule has 1 aliphatic rings. The van der Waals surface area contributed by atoms with E-state index in [1.165, 1.54) is 5.56 Å².